The third-order valence-electron chi connectivity index (χ3n) is 6.29. The average Bonchev–Trinajstić information content (AvgIpc) is 2.97. The predicted octanol–water partition coefficient (Wildman–Crippen LogP) is 8.43. The van der Waals surface area contributed by atoms with Crippen molar-refractivity contribution in [1.29, 1.82) is 0 Å². The minimum absolute atomic E-state index is 0.123. The number of aromatic hydroxyl groups is 2. The Labute approximate surface area is 236 Å². The van der Waals surface area contributed by atoms with Crippen LogP contribution >= 0.6 is 0 Å². The summed E-state index contributed by atoms with van der Waals surface area (Å²) in [5, 5.41) is 19.7. The van der Waals surface area contributed by atoms with Crippen LogP contribution in [-0.2, 0) is 13.0 Å². The summed E-state index contributed by atoms with van der Waals surface area (Å²) >= 11 is 0. The summed E-state index contributed by atoms with van der Waals surface area (Å²) in [7, 11) is -6.00. The van der Waals surface area contributed by atoms with Gasteiger partial charge in [0, 0.05) is 30.2 Å². The number of benzene rings is 4. The average molecular weight is 557 g/mol. The third kappa shape index (κ3) is 8.83. The fraction of sp³-hybridized carbons (Fsp3) is 0.0606. The van der Waals surface area contributed by atoms with Gasteiger partial charge in [0.15, 0.2) is 18.0 Å². The fourth-order valence-electron chi connectivity index (χ4n) is 4.39. The zero-order valence-electron chi connectivity index (χ0n) is 22.0. The number of hydrogen-bond acceptors (Lipinski definition) is 2. The molecule has 208 valence electrons. The number of rotatable bonds is 7. The smallest absolute Gasteiger partial charge is 0.504 e. The first-order chi connectivity index (χ1) is 19.7. The van der Waals surface area contributed by atoms with Crippen LogP contribution in [0, 0.1) is 0 Å². The van der Waals surface area contributed by atoms with Gasteiger partial charge in [-0.15, -0.1) is 0 Å². The second-order valence-electron chi connectivity index (χ2n) is 9.25. The van der Waals surface area contributed by atoms with E-state index in [0.717, 1.165) is 46.6 Å². The molecule has 0 aliphatic carbocycles. The molecule has 0 saturated heterocycles. The minimum Gasteiger partial charge on any atom is -0.504 e. The standard InChI is InChI=1S/C33H27NO2.BF4/c35-32-19-17-26(22-33(32)36)16-18-30-23-29(27-12-6-2-7-13-27)24-31(28-14-8-3-9-15-28)34(30)21-20-25-10-4-1-5-11-25;2-1(3,4)5/h1-19,22-24,36H,20-21H2;/q;-1/p+1. The number of hydrogen-bond donors (Lipinski definition) is 2. The van der Waals surface area contributed by atoms with Crippen molar-refractivity contribution in [2.45, 2.75) is 13.0 Å². The molecule has 0 unspecified atom stereocenters. The normalized spacial score (nSPS) is 11.2. The monoisotopic (exact) mass is 557 g/mol. The molecule has 0 atom stereocenters. The molecule has 4 aromatic carbocycles. The molecule has 5 aromatic rings. The van der Waals surface area contributed by atoms with Crippen molar-refractivity contribution in [3.8, 4) is 33.9 Å². The number of nitrogens with zero attached hydrogens (tertiary/aromatic N) is 1. The van der Waals surface area contributed by atoms with Crippen LogP contribution in [0.15, 0.2) is 121 Å². The van der Waals surface area contributed by atoms with Crippen molar-refractivity contribution in [3.05, 3.63) is 138 Å². The molecule has 1 aromatic heterocycles. The van der Waals surface area contributed by atoms with Crippen molar-refractivity contribution in [1.82, 2.24) is 0 Å². The molecule has 0 radical (unpaired) electrons. The van der Waals surface area contributed by atoms with Crippen LogP contribution in [0.4, 0.5) is 17.3 Å². The summed E-state index contributed by atoms with van der Waals surface area (Å²) in [5.41, 5.74) is 7.74. The van der Waals surface area contributed by atoms with E-state index in [2.05, 4.69) is 95.6 Å². The number of aryl methyl sites for hydroxylation is 1. The molecular formula is C33H28BF4NO2. The van der Waals surface area contributed by atoms with Crippen LogP contribution in [0.2, 0.25) is 0 Å². The molecule has 0 amide bonds. The van der Waals surface area contributed by atoms with Crippen LogP contribution in [0.5, 0.6) is 11.5 Å². The topological polar surface area (TPSA) is 44.3 Å². The van der Waals surface area contributed by atoms with E-state index >= 15 is 0 Å². The van der Waals surface area contributed by atoms with E-state index in [4.69, 9.17) is 0 Å². The van der Waals surface area contributed by atoms with E-state index in [1.807, 2.05) is 24.3 Å². The Morgan fingerprint density at radius 1 is 0.585 bits per heavy atom. The number of phenolic OH excluding ortho intramolecular Hbond substituents is 2. The highest BCUT2D eigenvalue weighted by Crippen LogP contribution is 2.28. The molecule has 41 heavy (non-hydrogen) atoms. The summed E-state index contributed by atoms with van der Waals surface area (Å²) in [6.07, 6.45) is 4.95. The van der Waals surface area contributed by atoms with Gasteiger partial charge < -0.3 is 27.5 Å². The van der Waals surface area contributed by atoms with Gasteiger partial charge in [-0.3, -0.25) is 0 Å². The molecule has 0 saturated carbocycles. The van der Waals surface area contributed by atoms with E-state index in [1.54, 1.807) is 12.1 Å². The molecule has 0 spiro atoms. The van der Waals surface area contributed by atoms with Crippen molar-refractivity contribution in [3.63, 3.8) is 0 Å². The molecule has 0 aliphatic heterocycles. The maximum atomic E-state index is 9.96. The zero-order valence-corrected chi connectivity index (χ0v) is 22.0. The highest BCUT2D eigenvalue weighted by atomic mass is 19.5. The van der Waals surface area contributed by atoms with Crippen LogP contribution < -0.4 is 4.57 Å². The molecule has 3 nitrogen and oxygen atoms in total. The van der Waals surface area contributed by atoms with E-state index in [0.29, 0.717) is 0 Å². The Morgan fingerprint density at radius 2 is 1.15 bits per heavy atom. The molecular weight excluding hydrogens is 529 g/mol. The lowest BCUT2D eigenvalue weighted by atomic mass is 10.0. The van der Waals surface area contributed by atoms with Crippen molar-refractivity contribution in [2.75, 3.05) is 0 Å². The Hall–Kier alpha value is -4.85. The Bertz CT molecular complexity index is 1590. The van der Waals surface area contributed by atoms with E-state index in [9.17, 15) is 27.5 Å². The Kier molecular flexibility index (Phi) is 9.58. The van der Waals surface area contributed by atoms with Gasteiger partial charge in [-0.2, -0.15) is 4.57 Å². The van der Waals surface area contributed by atoms with Gasteiger partial charge in [0.05, 0.1) is 0 Å². The van der Waals surface area contributed by atoms with Crippen LogP contribution in [0.1, 0.15) is 16.8 Å². The lowest BCUT2D eigenvalue weighted by Crippen LogP contribution is -2.40. The van der Waals surface area contributed by atoms with E-state index in [1.165, 1.54) is 11.6 Å². The van der Waals surface area contributed by atoms with Crippen LogP contribution in [0.25, 0.3) is 34.5 Å². The van der Waals surface area contributed by atoms with Gasteiger partial charge in [-0.1, -0.05) is 84.9 Å². The largest absolute Gasteiger partial charge is 0.673 e. The third-order valence-corrected chi connectivity index (χ3v) is 6.29. The SMILES string of the molecule is F[B-](F)(F)F.Oc1ccc(/C=C/c2cc(-c3ccccc3)cc(-c3ccccc3)[n+]2CCc2ccccc2)cc1O. The molecule has 2 N–H and O–H groups in total. The molecule has 8 heteroatoms. The molecule has 0 fully saturated rings. The fourth-order valence-corrected chi connectivity index (χ4v) is 4.39. The molecule has 0 bridgehead atoms. The second-order valence-corrected chi connectivity index (χ2v) is 9.25. The zero-order chi connectivity index (χ0) is 29.2. The van der Waals surface area contributed by atoms with Gasteiger partial charge in [0.25, 0.3) is 0 Å². The Balaban J connectivity index is 0.000000714. The summed E-state index contributed by atoms with van der Waals surface area (Å²) < 4.78 is 41.4. The molecule has 5 rings (SSSR count). The first kappa shape index (κ1) is 29.1. The Morgan fingerprint density at radius 3 is 1.73 bits per heavy atom. The number of pyridine rings is 1. The number of halogens is 4. The summed E-state index contributed by atoms with van der Waals surface area (Å²) in [6.45, 7) is 0.809. The second kappa shape index (κ2) is 13.5. The predicted molar refractivity (Wildman–Crippen MR) is 157 cm³/mol. The first-order valence-corrected chi connectivity index (χ1v) is 13.0. The van der Waals surface area contributed by atoms with Crippen molar-refractivity contribution < 1.29 is 32.0 Å². The van der Waals surface area contributed by atoms with E-state index in [-0.39, 0.29) is 11.5 Å². The van der Waals surface area contributed by atoms with Gasteiger partial charge >= 0.3 is 7.25 Å². The highest BCUT2D eigenvalue weighted by Gasteiger charge is 2.21. The maximum Gasteiger partial charge on any atom is 0.673 e. The summed E-state index contributed by atoms with van der Waals surface area (Å²) in [4.78, 5) is 0. The van der Waals surface area contributed by atoms with Gasteiger partial charge in [0.1, 0.15) is 0 Å². The number of aromatic nitrogens is 1. The maximum absolute atomic E-state index is 9.96. The molecule has 0 aliphatic rings. The quantitative estimate of drug-likeness (QED) is 0.0913. The van der Waals surface area contributed by atoms with Crippen molar-refractivity contribution >= 4 is 19.4 Å². The van der Waals surface area contributed by atoms with E-state index < -0.39 is 7.25 Å². The van der Waals surface area contributed by atoms with Gasteiger partial charge in [-0.05, 0) is 52.6 Å². The van der Waals surface area contributed by atoms with Crippen molar-refractivity contribution in [2.24, 2.45) is 0 Å². The van der Waals surface area contributed by atoms with Gasteiger partial charge in [0.2, 0.25) is 11.4 Å². The number of phenols is 2. The molecule has 1 heterocycles. The minimum atomic E-state index is -6.00. The first-order valence-electron chi connectivity index (χ1n) is 13.0. The lowest BCUT2D eigenvalue weighted by Gasteiger charge is -2.11. The van der Waals surface area contributed by atoms with Crippen LogP contribution in [-0.4, -0.2) is 17.5 Å². The summed E-state index contributed by atoms with van der Waals surface area (Å²) in [6, 6.07) is 40.7. The van der Waals surface area contributed by atoms with Crippen LogP contribution in [0.3, 0.4) is 0 Å². The lowest BCUT2D eigenvalue weighted by molar-refractivity contribution is -0.687. The highest BCUT2D eigenvalue weighted by molar-refractivity contribution is 6.50. The summed E-state index contributed by atoms with van der Waals surface area (Å²) in [5.74, 6) is -0.250. The van der Waals surface area contributed by atoms with Gasteiger partial charge in [-0.25, -0.2) is 0 Å².